The van der Waals surface area contributed by atoms with E-state index in [4.69, 9.17) is 21.1 Å². The molecule has 3 atom stereocenters. The Kier molecular flexibility index (Phi) is 6.97. The lowest BCUT2D eigenvalue weighted by Crippen LogP contribution is -2.27. The van der Waals surface area contributed by atoms with Crippen molar-refractivity contribution in [2.24, 2.45) is 0 Å². The van der Waals surface area contributed by atoms with Crippen molar-refractivity contribution in [3.05, 3.63) is 34.9 Å². The van der Waals surface area contributed by atoms with Gasteiger partial charge in [-0.15, -0.1) is 0 Å². The van der Waals surface area contributed by atoms with Crippen LogP contribution in [0.2, 0.25) is 5.02 Å². The van der Waals surface area contributed by atoms with Crippen molar-refractivity contribution < 1.29 is 9.47 Å². The van der Waals surface area contributed by atoms with Crippen LogP contribution >= 0.6 is 11.6 Å². The van der Waals surface area contributed by atoms with E-state index in [1.54, 1.807) is 7.11 Å². The van der Waals surface area contributed by atoms with Crippen LogP contribution in [0.15, 0.2) is 24.3 Å². The highest BCUT2D eigenvalue weighted by molar-refractivity contribution is 6.30. The number of ether oxygens (including phenoxy) is 2. The first-order valence-electron chi connectivity index (χ1n) is 7.79. The molecule has 0 bridgehead atoms. The molecule has 0 aliphatic carbocycles. The second-order valence-electron chi connectivity index (χ2n) is 5.83. The van der Waals surface area contributed by atoms with Gasteiger partial charge in [0.25, 0.3) is 0 Å². The van der Waals surface area contributed by atoms with Gasteiger partial charge >= 0.3 is 0 Å². The molecule has 1 N–H and O–H groups in total. The summed E-state index contributed by atoms with van der Waals surface area (Å²) in [7, 11) is 1.73. The maximum Gasteiger partial charge on any atom is 0.0587 e. The fourth-order valence-electron chi connectivity index (χ4n) is 2.90. The van der Waals surface area contributed by atoms with Gasteiger partial charge in [-0.1, -0.05) is 23.7 Å². The predicted molar refractivity (Wildman–Crippen MR) is 87.1 cm³/mol. The van der Waals surface area contributed by atoms with Gasteiger partial charge in [-0.3, -0.25) is 0 Å². The summed E-state index contributed by atoms with van der Waals surface area (Å²) in [5.74, 6) is 0.453. The first kappa shape index (κ1) is 16.8. The molecule has 1 fully saturated rings. The lowest BCUT2D eigenvalue weighted by Gasteiger charge is -2.22. The normalized spacial score (nSPS) is 23.4. The van der Waals surface area contributed by atoms with Crippen LogP contribution in [0.5, 0.6) is 0 Å². The first-order chi connectivity index (χ1) is 10.2. The average Bonchev–Trinajstić information content (AvgIpc) is 2.88. The zero-order valence-corrected chi connectivity index (χ0v) is 13.7. The quantitative estimate of drug-likeness (QED) is 0.744. The molecule has 1 aliphatic rings. The highest BCUT2D eigenvalue weighted by Crippen LogP contribution is 2.29. The number of hydrogen-bond acceptors (Lipinski definition) is 3. The van der Waals surface area contributed by atoms with Gasteiger partial charge in [-0.25, -0.2) is 0 Å². The van der Waals surface area contributed by atoms with E-state index >= 15 is 0 Å². The summed E-state index contributed by atoms with van der Waals surface area (Å²) in [6.45, 7) is 4.72. The molecule has 1 aromatic carbocycles. The third-order valence-electron chi connectivity index (χ3n) is 4.08. The van der Waals surface area contributed by atoms with Crippen LogP contribution in [-0.2, 0) is 9.47 Å². The molecule has 0 spiro atoms. The lowest BCUT2D eigenvalue weighted by atomic mass is 9.92. The van der Waals surface area contributed by atoms with Gasteiger partial charge in [-0.05, 0) is 49.8 Å². The van der Waals surface area contributed by atoms with Crippen molar-refractivity contribution in [1.29, 1.82) is 0 Å². The van der Waals surface area contributed by atoms with Gasteiger partial charge in [0, 0.05) is 25.2 Å². The summed E-state index contributed by atoms with van der Waals surface area (Å²) in [5.41, 5.74) is 1.33. The molecular weight excluding hydrogens is 286 g/mol. The Labute approximate surface area is 133 Å². The minimum atomic E-state index is 0.380. The monoisotopic (exact) mass is 311 g/mol. The largest absolute Gasteiger partial charge is 0.383 e. The molecule has 0 aromatic heterocycles. The molecule has 3 unspecified atom stereocenters. The minimum Gasteiger partial charge on any atom is -0.383 e. The van der Waals surface area contributed by atoms with Gasteiger partial charge in [0.05, 0.1) is 18.8 Å². The second-order valence-corrected chi connectivity index (χ2v) is 6.26. The standard InChI is InChI=1S/C17H26ClNO2/c1-13-3-8-17(21-13)11-15(12-19-9-10-20-2)14-4-6-16(18)7-5-14/h4-7,13,15,17,19H,3,8-12H2,1-2H3. The van der Waals surface area contributed by atoms with Crippen molar-refractivity contribution in [1.82, 2.24) is 5.32 Å². The topological polar surface area (TPSA) is 30.5 Å². The van der Waals surface area contributed by atoms with E-state index in [9.17, 15) is 0 Å². The zero-order chi connectivity index (χ0) is 15.1. The van der Waals surface area contributed by atoms with E-state index in [1.807, 2.05) is 12.1 Å². The number of halogens is 1. The van der Waals surface area contributed by atoms with Crippen LogP contribution in [0.4, 0.5) is 0 Å². The summed E-state index contributed by atoms with van der Waals surface area (Å²) in [5, 5.41) is 4.26. The number of nitrogens with one attached hydrogen (secondary N) is 1. The lowest BCUT2D eigenvalue weighted by molar-refractivity contribution is 0.0465. The molecule has 2 rings (SSSR count). The summed E-state index contributed by atoms with van der Waals surface area (Å²) in [6.07, 6.45) is 4.19. The van der Waals surface area contributed by atoms with Crippen LogP contribution in [-0.4, -0.2) is 39.0 Å². The Bertz CT molecular complexity index is 410. The number of benzene rings is 1. The van der Waals surface area contributed by atoms with Gasteiger partial charge in [0.2, 0.25) is 0 Å². The Morgan fingerprint density at radius 3 is 2.71 bits per heavy atom. The highest BCUT2D eigenvalue weighted by Gasteiger charge is 2.25. The summed E-state index contributed by atoms with van der Waals surface area (Å²) >= 11 is 5.99. The Balaban J connectivity index is 1.94. The molecule has 1 aliphatic heterocycles. The summed E-state index contributed by atoms with van der Waals surface area (Å²) in [6, 6.07) is 8.20. The second kappa shape index (κ2) is 8.74. The Hall–Kier alpha value is -0.610. The molecule has 0 amide bonds. The molecule has 1 aromatic rings. The SMILES string of the molecule is COCCNCC(CC1CCC(C)O1)c1ccc(Cl)cc1. The van der Waals surface area contributed by atoms with Crippen molar-refractivity contribution in [2.75, 3.05) is 26.8 Å². The van der Waals surface area contributed by atoms with Gasteiger partial charge < -0.3 is 14.8 Å². The first-order valence-corrected chi connectivity index (χ1v) is 8.17. The average molecular weight is 312 g/mol. The molecule has 1 heterocycles. The van der Waals surface area contributed by atoms with Crippen LogP contribution in [0, 0.1) is 0 Å². The Morgan fingerprint density at radius 2 is 2.10 bits per heavy atom. The van der Waals surface area contributed by atoms with Gasteiger partial charge in [0.1, 0.15) is 0 Å². The van der Waals surface area contributed by atoms with Crippen LogP contribution in [0.3, 0.4) is 0 Å². The van der Waals surface area contributed by atoms with Crippen LogP contribution in [0.25, 0.3) is 0 Å². The zero-order valence-electron chi connectivity index (χ0n) is 13.0. The third-order valence-corrected chi connectivity index (χ3v) is 4.33. The smallest absolute Gasteiger partial charge is 0.0587 e. The fourth-order valence-corrected chi connectivity index (χ4v) is 3.02. The fraction of sp³-hybridized carbons (Fsp3) is 0.647. The maximum absolute atomic E-state index is 5.99. The van der Waals surface area contributed by atoms with Crippen LogP contribution < -0.4 is 5.32 Å². The molecule has 0 saturated carbocycles. The molecule has 3 nitrogen and oxygen atoms in total. The molecular formula is C17H26ClNO2. The molecule has 118 valence electrons. The van der Waals surface area contributed by atoms with Gasteiger partial charge in [-0.2, -0.15) is 0 Å². The number of hydrogen-bond donors (Lipinski definition) is 1. The van der Waals surface area contributed by atoms with Crippen molar-refractivity contribution in [2.45, 2.75) is 44.3 Å². The minimum absolute atomic E-state index is 0.380. The van der Waals surface area contributed by atoms with E-state index in [0.717, 1.165) is 31.1 Å². The predicted octanol–water partition coefficient (Wildman–Crippen LogP) is 3.62. The molecule has 21 heavy (non-hydrogen) atoms. The van der Waals surface area contributed by atoms with Crippen molar-refractivity contribution >= 4 is 11.6 Å². The molecule has 0 radical (unpaired) electrons. The molecule has 4 heteroatoms. The van der Waals surface area contributed by atoms with E-state index in [1.165, 1.54) is 18.4 Å². The van der Waals surface area contributed by atoms with Crippen LogP contribution in [0.1, 0.15) is 37.7 Å². The van der Waals surface area contributed by atoms with E-state index in [2.05, 4.69) is 24.4 Å². The molecule has 1 saturated heterocycles. The maximum atomic E-state index is 5.99. The number of methoxy groups -OCH3 is 1. The van der Waals surface area contributed by atoms with E-state index < -0.39 is 0 Å². The van der Waals surface area contributed by atoms with E-state index in [0.29, 0.717) is 18.1 Å². The highest BCUT2D eigenvalue weighted by atomic mass is 35.5. The third kappa shape index (κ3) is 5.59. The summed E-state index contributed by atoms with van der Waals surface area (Å²) in [4.78, 5) is 0. The number of rotatable bonds is 8. The van der Waals surface area contributed by atoms with E-state index in [-0.39, 0.29) is 0 Å². The summed E-state index contributed by atoms with van der Waals surface area (Å²) < 4.78 is 11.1. The van der Waals surface area contributed by atoms with Gasteiger partial charge in [0.15, 0.2) is 0 Å². The van der Waals surface area contributed by atoms with Crippen molar-refractivity contribution in [3.63, 3.8) is 0 Å². The Morgan fingerprint density at radius 1 is 1.33 bits per heavy atom. The van der Waals surface area contributed by atoms with Crippen molar-refractivity contribution in [3.8, 4) is 0 Å².